The van der Waals surface area contributed by atoms with Gasteiger partial charge in [-0.2, -0.15) is 5.10 Å². The Bertz CT molecular complexity index is 477. The van der Waals surface area contributed by atoms with E-state index in [2.05, 4.69) is 17.3 Å². The normalized spacial score (nSPS) is 11.1. The van der Waals surface area contributed by atoms with Gasteiger partial charge in [0.05, 0.1) is 12.5 Å². The van der Waals surface area contributed by atoms with Crippen LogP contribution in [0, 0.1) is 6.92 Å². The first-order valence-electron chi connectivity index (χ1n) is 6.55. The lowest BCUT2D eigenvalue weighted by molar-refractivity contribution is 0.104. The Morgan fingerprint density at radius 3 is 3.05 bits per heavy atom. The van der Waals surface area contributed by atoms with E-state index in [0.717, 1.165) is 31.9 Å². The maximum atomic E-state index is 5.51. The van der Waals surface area contributed by atoms with Crippen molar-refractivity contribution in [3.05, 3.63) is 41.6 Å². The van der Waals surface area contributed by atoms with Crippen LogP contribution in [-0.2, 0) is 24.9 Å². The minimum absolute atomic E-state index is 0.550. The predicted octanol–water partition coefficient (Wildman–Crippen LogP) is 2.02. The summed E-state index contributed by atoms with van der Waals surface area (Å²) in [6.45, 7) is 5.16. The molecule has 0 amide bonds. The molecule has 5 heteroatoms. The van der Waals surface area contributed by atoms with Gasteiger partial charge in [-0.25, -0.2) is 0 Å². The lowest BCUT2D eigenvalue weighted by Gasteiger charge is -2.05. The fourth-order valence-electron chi connectivity index (χ4n) is 1.81. The lowest BCUT2D eigenvalue weighted by Crippen LogP contribution is -2.16. The van der Waals surface area contributed by atoms with E-state index in [1.807, 2.05) is 30.1 Å². The SMILES string of the molecule is Cc1c(CNCCCOCc2ccco2)cnn1C. The number of nitrogens with one attached hydrogen (secondary N) is 1. The van der Waals surface area contributed by atoms with Crippen molar-refractivity contribution in [3.8, 4) is 0 Å². The van der Waals surface area contributed by atoms with Crippen LogP contribution >= 0.6 is 0 Å². The van der Waals surface area contributed by atoms with Gasteiger partial charge < -0.3 is 14.5 Å². The van der Waals surface area contributed by atoms with Crippen LogP contribution in [0.25, 0.3) is 0 Å². The van der Waals surface area contributed by atoms with Crippen molar-refractivity contribution in [2.45, 2.75) is 26.5 Å². The Morgan fingerprint density at radius 2 is 2.37 bits per heavy atom. The minimum atomic E-state index is 0.550. The molecule has 0 aliphatic rings. The molecule has 0 spiro atoms. The highest BCUT2D eigenvalue weighted by molar-refractivity contribution is 5.15. The third kappa shape index (κ3) is 4.22. The molecule has 0 bridgehead atoms. The predicted molar refractivity (Wildman–Crippen MR) is 72.6 cm³/mol. The smallest absolute Gasteiger partial charge is 0.129 e. The van der Waals surface area contributed by atoms with E-state index in [1.165, 1.54) is 11.3 Å². The van der Waals surface area contributed by atoms with Gasteiger partial charge in [-0.05, 0) is 32.0 Å². The molecule has 104 valence electrons. The Morgan fingerprint density at radius 1 is 1.47 bits per heavy atom. The highest BCUT2D eigenvalue weighted by atomic mass is 16.5. The van der Waals surface area contributed by atoms with E-state index in [9.17, 15) is 0 Å². The number of furan rings is 1. The van der Waals surface area contributed by atoms with Gasteiger partial charge >= 0.3 is 0 Å². The molecule has 2 aromatic rings. The Balaban J connectivity index is 1.52. The molecule has 0 aliphatic carbocycles. The summed E-state index contributed by atoms with van der Waals surface area (Å²) in [5.41, 5.74) is 2.46. The van der Waals surface area contributed by atoms with Crippen molar-refractivity contribution in [2.75, 3.05) is 13.2 Å². The highest BCUT2D eigenvalue weighted by Gasteiger charge is 2.02. The second-order valence-corrected chi connectivity index (χ2v) is 4.54. The van der Waals surface area contributed by atoms with Crippen LogP contribution in [0.5, 0.6) is 0 Å². The van der Waals surface area contributed by atoms with Crippen LogP contribution in [0.2, 0.25) is 0 Å². The molecule has 0 aliphatic heterocycles. The van der Waals surface area contributed by atoms with Crippen molar-refractivity contribution in [3.63, 3.8) is 0 Å². The molecule has 0 fully saturated rings. The van der Waals surface area contributed by atoms with Crippen LogP contribution in [-0.4, -0.2) is 22.9 Å². The summed E-state index contributed by atoms with van der Waals surface area (Å²) >= 11 is 0. The molecule has 0 saturated carbocycles. The molecule has 0 saturated heterocycles. The summed E-state index contributed by atoms with van der Waals surface area (Å²) in [6, 6.07) is 3.79. The summed E-state index contributed by atoms with van der Waals surface area (Å²) < 4.78 is 12.6. The Kier molecular flexibility index (Phi) is 5.18. The number of hydrogen-bond donors (Lipinski definition) is 1. The highest BCUT2D eigenvalue weighted by Crippen LogP contribution is 2.04. The summed E-state index contributed by atoms with van der Waals surface area (Å²) in [4.78, 5) is 0. The van der Waals surface area contributed by atoms with Gasteiger partial charge in [-0.1, -0.05) is 0 Å². The van der Waals surface area contributed by atoms with Gasteiger partial charge in [0.25, 0.3) is 0 Å². The number of aromatic nitrogens is 2. The number of hydrogen-bond acceptors (Lipinski definition) is 4. The molecule has 5 nitrogen and oxygen atoms in total. The monoisotopic (exact) mass is 263 g/mol. The zero-order chi connectivity index (χ0) is 13.5. The van der Waals surface area contributed by atoms with E-state index >= 15 is 0 Å². The van der Waals surface area contributed by atoms with Gasteiger partial charge in [0, 0.05) is 31.5 Å². The third-order valence-corrected chi connectivity index (χ3v) is 3.12. The van der Waals surface area contributed by atoms with Gasteiger partial charge in [0.2, 0.25) is 0 Å². The molecule has 0 radical (unpaired) electrons. The maximum absolute atomic E-state index is 5.51. The Hall–Kier alpha value is -1.59. The first-order valence-corrected chi connectivity index (χ1v) is 6.55. The molecule has 0 atom stereocenters. The van der Waals surface area contributed by atoms with Crippen molar-refractivity contribution in [1.29, 1.82) is 0 Å². The zero-order valence-electron chi connectivity index (χ0n) is 11.6. The first-order chi connectivity index (χ1) is 9.27. The Labute approximate surface area is 113 Å². The fraction of sp³-hybridized carbons (Fsp3) is 0.500. The molecule has 2 heterocycles. The van der Waals surface area contributed by atoms with Gasteiger partial charge in [0.1, 0.15) is 12.4 Å². The number of nitrogens with zero attached hydrogens (tertiary/aromatic N) is 2. The van der Waals surface area contributed by atoms with E-state index < -0.39 is 0 Å². The average Bonchev–Trinajstić information content (AvgIpc) is 3.02. The van der Waals surface area contributed by atoms with Crippen LogP contribution in [0.15, 0.2) is 29.0 Å². The van der Waals surface area contributed by atoms with E-state index in [-0.39, 0.29) is 0 Å². The molecule has 2 rings (SSSR count). The molecule has 0 unspecified atom stereocenters. The summed E-state index contributed by atoms with van der Waals surface area (Å²) in [5, 5.41) is 7.61. The van der Waals surface area contributed by atoms with Crippen molar-refractivity contribution in [1.82, 2.24) is 15.1 Å². The van der Waals surface area contributed by atoms with E-state index in [4.69, 9.17) is 9.15 Å². The second kappa shape index (κ2) is 7.11. The van der Waals surface area contributed by atoms with Crippen LogP contribution in [0.1, 0.15) is 23.4 Å². The second-order valence-electron chi connectivity index (χ2n) is 4.54. The fourth-order valence-corrected chi connectivity index (χ4v) is 1.81. The zero-order valence-corrected chi connectivity index (χ0v) is 11.6. The van der Waals surface area contributed by atoms with E-state index in [1.54, 1.807) is 6.26 Å². The van der Waals surface area contributed by atoms with Gasteiger partial charge in [0.15, 0.2) is 0 Å². The minimum Gasteiger partial charge on any atom is -0.467 e. The standard InChI is InChI=1S/C14H21N3O2/c1-12-13(10-16-17(12)2)9-15-6-4-7-18-11-14-5-3-8-19-14/h3,5,8,10,15H,4,6-7,9,11H2,1-2H3. The summed E-state index contributed by atoms with van der Waals surface area (Å²) in [5.74, 6) is 0.874. The topological polar surface area (TPSA) is 52.2 Å². The van der Waals surface area contributed by atoms with Crippen molar-refractivity contribution >= 4 is 0 Å². The number of ether oxygens (including phenoxy) is 1. The largest absolute Gasteiger partial charge is 0.467 e. The van der Waals surface area contributed by atoms with Crippen LogP contribution in [0.3, 0.4) is 0 Å². The summed E-state index contributed by atoms with van der Waals surface area (Å²) in [7, 11) is 1.96. The third-order valence-electron chi connectivity index (χ3n) is 3.12. The van der Waals surface area contributed by atoms with Gasteiger partial charge in [-0.3, -0.25) is 4.68 Å². The summed E-state index contributed by atoms with van der Waals surface area (Å²) in [6.07, 6.45) is 4.56. The molecule has 1 N–H and O–H groups in total. The lowest BCUT2D eigenvalue weighted by atomic mass is 10.2. The van der Waals surface area contributed by atoms with Crippen molar-refractivity contribution < 1.29 is 9.15 Å². The van der Waals surface area contributed by atoms with E-state index in [0.29, 0.717) is 6.61 Å². The first kappa shape index (κ1) is 13.8. The molecule has 2 aromatic heterocycles. The number of rotatable bonds is 8. The van der Waals surface area contributed by atoms with Gasteiger partial charge in [-0.15, -0.1) is 0 Å². The molecule has 19 heavy (non-hydrogen) atoms. The van der Waals surface area contributed by atoms with Crippen molar-refractivity contribution in [2.24, 2.45) is 7.05 Å². The van der Waals surface area contributed by atoms with Crippen LogP contribution < -0.4 is 5.32 Å². The molecular weight excluding hydrogens is 242 g/mol. The quantitative estimate of drug-likeness (QED) is 0.740. The number of aryl methyl sites for hydroxylation is 1. The van der Waals surface area contributed by atoms with Crippen LogP contribution in [0.4, 0.5) is 0 Å². The molecular formula is C14H21N3O2. The molecule has 0 aromatic carbocycles. The average molecular weight is 263 g/mol. The maximum Gasteiger partial charge on any atom is 0.129 e.